The van der Waals surface area contributed by atoms with E-state index in [1.54, 1.807) is 6.20 Å². The van der Waals surface area contributed by atoms with Gasteiger partial charge in [-0.3, -0.25) is 14.3 Å². The Kier molecular flexibility index (Phi) is 3.62. The van der Waals surface area contributed by atoms with Gasteiger partial charge in [0, 0.05) is 44.5 Å². The molecule has 0 atom stereocenters. The first-order valence-corrected chi connectivity index (χ1v) is 8.79. The zero-order valence-electron chi connectivity index (χ0n) is 13.5. The Morgan fingerprint density at radius 2 is 1.74 bits per heavy atom. The zero-order chi connectivity index (χ0) is 15.9. The predicted octanol–water partition coefficient (Wildman–Crippen LogP) is 1.23. The van der Waals surface area contributed by atoms with Crippen LogP contribution >= 0.6 is 0 Å². The van der Waals surface area contributed by atoms with E-state index in [2.05, 4.69) is 5.10 Å². The molecule has 1 aromatic rings. The molecule has 0 radical (unpaired) electrons. The molecular weight excluding hydrogens is 292 g/mol. The van der Waals surface area contributed by atoms with Crippen LogP contribution in [0.4, 0.5) is 0 Å². The van der Waals surface area contributed by atoms with Crippen LogP contribution in [0.25, 0.3) is 0 Å². The van der Waals surface area contributed by atoms with Gasteiger partial charge in [0.2, 0.25) is 5.91 Å². The lowest BCUT2D eigenvalue weighted by Crippen LogP contribution is -2.60. The van der Waals surface area contributed by atoms with Gasteiger partial charge in [0.25, 0.3) is 5.91 Å². The molecule has 0 bridgehead atoms. The van der Waals surface area contributed by atoms with Crippen molar-refractivity contribution in [1.82, 2.24) is 19.6 Å². The van der Waals surface area contributed by atoms with E-state index in [0.29, 0.717) is 31.8 Å². The summed E-state index contributed by atoms with van der Waals surface area (Å²) >= 11 is 0. The minimum atomic E-state index is -0.597. The van der Waals surface area contributed by atoms with E-state index in [1.165, 1.54) is 6.42 Å². The maximum atomic E-state index is 13.0. The van der Waals surface area contributed by atoms with Crippen LogP contribution in [0.1, 0.15) is 38.5 Å². The summed E-state index contributed by atoms with van der Waals surface area (Å²) in [6, 6.07) is 1.87. The minimum Gasteiger partial charge on any atom is -0.342 e. The summed E-state index contributed by atoms with van der Waals surface area (Å²) in [5.74, 6) is 0.711. The van der Waals surface area contributed by atoms with Crippen molar-refractivity contribution in [2.45, 2.75) is 44.1 Å². The van der Waals surface area contributed by atoms with Crippen LogP contribution in [0.3, 0.4) is 0 Å². The van der Waals surface area contributed by atoms with Gasteiger partial charge in [-0.05, 0) is 38.2 Å². The molecule has 6 nitrogen and oxygen atoms in total. The molecule has 1 aliphatic carbocycles. The van der Waals surface area contributed by atoms with Crippen LogP contribution < -0.4 is 0 Å². The van der Waals surface area contributed by atoms with E-state index >= 15 is 0 Å². The number of nitrogens with zero attached hydrogens (tertiary/aromatic N) is 4. The predicted molar refractivity (Wildman–Crippen MR) is 84.6 cm³/mol. The second-order valence-corrected chi connectivity index (χ2v) is 7.08. The summed E-state index contributed by atoms with van der Waals surface area (Å²) < 4.78 is 1.83. The second kappa shape index (κ2) is 5.65. The van der Waals surface area contributed by atoms with Crippen LogP contribution in [0, 0.1) is 5.92 Å². The lowest BCUT2D eigenvalue weighted by molar-refractivity contribution is -0.152. The fourth-order valence-corrected chi connectivity index (χ4v) is 3.89. The monoisotopic (exact) mass is 316 g/mol. The molecule has 0 spiro atoms. The van der Waals surface area contributed by atoms with Crippen molar-refractivity contribution in [2.24, 2.45) is 5.92 Å². The number of aromatic nitrogens is 2. The van der Waals surface area contributed by atoms with Gasteiger partial charge in [-0.2, -0.15) is 5.10 Å². The molecule has 3 heterocycles. The third-order valence-corrected chi connectivity index (χ3v) is 5.84. The number of likely N-dealkylation sites (tertiary alicyclic amines) is 2. The Morgan fingerprint density at radius 1 is 1.00 bits per heavy atom. The summed E-state index contributed by atoms with van der Waals surface area (Å²) in [4.78, 5) is 29.4. The van der Waals surface area contributed by atoms with E-state index in [4.69, 9.17) is 0 Å². The lowest BCUT2D eigenvalue weighted by atomic mass is 9.81. The first kappa shape index (κ1) is 14.7. The first-order chi connectivity index (χ1) is 11.2. The van der Waals surface area contributed by atoms with Crippen LogP contribution in [0.5, 0.6) is 0 Å². The molecule has 2 saturated heterocycles. The number of piperidine rings is 1. The van der Waals surface area contributed by atoms with Gasteiger partial charge in [-0.25, -0.2) is 0 Å². The highest BCUT2D eigenvalue weighted by atomic mass is 16.2. The van der Waals surface area contributed by atoms with Crippen molar-refractivity contribution in [3.05, 3.63) is 18.5 Å². The van der Waals surface area contributed by atoms with Gasteiger partial charge in [0.15, 0.2) is 0 Å². The van der Waals surface area contributed by atoms with Crippen molar-refractivity contribution in [3.63, 3.8) is 0 Å². The second-order valence-electron chi connectivity index (χ2n) is 7.08. The molecule has 3 fully saturated rings. The standard InChI is InChI=1S/C17H24N4O2/c22-15(14-4-1-5-14)19-12-6-17(7-13-19,21-11-2-8-18-21)16(23)20-9-3-10-20/h2,8,11,14H,1,3-7,9-10,12-13H2. The summed E-state index contributed by atoms with van der Waals surface area (Å²) in [6.07, 6.45) is 9.30. The molecule has 0 aromatic carbocycles. The van der Waals surface area contributed by atoms with Crippen LogP contribution in [0.2, 0.25) is 0 Å². The van der Waals surface area contributed by atoms with Gasteiger partial charge in [-0.15, -0.1) is 0 Å². The first-order valence-electron chi connectivity index (χ1n) is 8.79. The minimum absolute atomic E-state index is 0.184. The number of hydrogen-bond donors (Lipinski definition) is 0. The van der Waals surface area contributed by atoms with Crippen molar-refractivity contribution in [3.8, 4) is 0 Å². The molecule has 4 rings (SSSR count). The zero-order valence-corrected chi connectivity index (χ0v) is 13.5. The third kappa shape index (κ3) is 2.35. The van der Waals surface area contributed by atoms with Crippen LogP contribution in [-0.4, -0.2) is 57.6 Å². The molecule has 2 aliphatic heterocycles. The van der Waals surface area contributed by atoms with Gasteiger partial charge in [-0.1, -0.05) is 6.42 Å². The Balaban J connectivity index is 1.52. The highest BCUT2D eigenvalue weighted by Gasteiger charge is 2.48. The summed E-state index contributed by atoms with van der Waals surface area (Å²) in [5.41, 5.74) is -0.597. The molecule has 1 saturated carbocycles. The molecule has 6 heteroatoms. The Labute approximate surface area is 136 Å². The van der Waals surface area contributed by atoms with E-state index in [1.807, 2.05) is 26.7 Å². The Morgan fingerprint density at radius 3 is 2.22 bits per heavy atom. The van der Waals surface area contributed by atoms with Crippen LogP contribution in [-0.2, 0) is 15.1 Å². The normalized spacial score (nSPS) is 24.0. The molecule has 0 unspecified atom stereocenters. The van der Waals surface area contributed by atoms with E-state index in [-0.39, 0.29) is 11.8 Å². The fourth-order valence-electron chi connectivity index (χ4n) is 3.89. The Hall–Kier alpha value is -1.85. The van der Waals surface area contributed by atoms with Gasteiger partial charge in [0.05, 0.1) is 0 Å². The van der Waals surface area contributed by atoms with Gasteiger partial charge < -0.3 is 9.80 Å². The van der Waals surface area contributed by atoms with Crippen molar-refractivity contribution < 1.29 is 9.59 Å². The molecule has 2 amide bonds. The number of amides is 2. The summed E-state index contributed by atoms with van der Waals surface area (Å²) in [5, 5.41) is 4.37. The number of carbonyl (C=O) groups excluding carboxylic acids is 2. The lowest BCUT2D eigenvalue weighted by Gasteiger charge is -2.46. The third-order valence-electron chi connectivity index (χ3n) is 5.84. The molecule has 23 heavy (non-hydrogen) atoms. The summed E-state index contributed by atoms with van der Waals surface area (Å²) in [6.45, 7) is 3.03. The quantitative estimate of drug-likeness (QED) is 0.843. The maximum absolute atomic E-state index is 13.0. The van der Waals surface area contributed by atoms with Gasteiger partial charge >= 0.3 is 0 Å². The highest BCUT2D eigenvalue weighted by Crippen LogP contribution is 2.35. The molecule has 0 N–H and O–H groups in total. The average Bonchev–Trinajstić information content (AvgIpc) is 2.98. The largest absolute Gasteiger partial charge is 0.342 e. The molecule has 1 aromatic heterocycles. The number of rotatable bonds is 3. The topological polar surface area (TPSA) is 58.4 Å². The van der Waals surface area contributed by atoms with E-state index < -0.39 is 5.54 Å². The highest BCUT2D eigenvalue weighted by molar-refractivity contribution is 5.86. The molecular formula is C17H24N4O2. The SMILES string of the molecule is O=C(C1CCC1)N1CCC(C(=O)N2CCC2)(n2cccn2)CC1. The number of hydrogen-bond acceptors (Lipinski definition) is 3. The van der Waals surface area contributed by atoms with Gasteiger partial charge in [0.1, 0.15) is 5.54 Å². The number of carbonyl (C=O) groups is 2. The smallest absolute Gasteiger partial charge is 0.250 e. The Bertz CT molecular complexity index is 582. The van der Waals surface area contributed by atoms with Crippen molar-refractivity contribution in [1.29, 1.82) is 0 Å². The van der Waals surface area contributed by atoms with E-state index in [9.17, 15) is 9.59 Å². The molecule has 3 aliphatic rings. The van der Waals surface area contributed by atoms with E-state index in [0.717, 1.165) is 32.4 Å². The average molecular weight is 316 g/mol. The van der Waals surface area contributed by atoms with Crippen molar-refractivity contribution in [2.75, 3.05) is 26.2 Å². The molecule has 124 valence electrons. The summed E-state index contributed by atoms with van der Waals surface area (Å²) in [7, 11) is 0. The maximum Gasteiger partial charge on any atom is 0.250 e. The fraction of sp³-hybridized carbons (Fsp3) is 0.706. The van der Waals surface area contributed by atoms with Crippen LogP contribution in [0.15, 0.2) is 18.5 Å². The van der Waals surface area contributed by atoms with Crippen molar-refractivity contribution >= 4 is 11.8 Å².